The molecule has 0 unspecified atom stereocenters. The summed E-state index contributed by atoms with van der Waals surface area (Å²) >= 11 is 0. The Bertz CT molecular complexity index is 1240. The molecule has 0 bridgehead atoms. The molecule has 0 saturated heterocycles. The number of aliphatic hydroxyl groups excluding tert-OH is 2. The Labute approximate surface area is 159 Å². The van der Waals surface area contributed by atoms with E-state index < -0.39 is 12.1 Å². The van der Waals surface area contributed by atoms with E-state index in [0.29, 0.717) is 23.5 Å². The molecule has 0 saturated carbocycles. The highest BCUT2D eigenvalue weighted by Crippen LogP contribution is 2.38. The third-order valence-electron chi connectivity index (χ3n) is 5.30. The molecule has 3 aromatic rings. The highest BCUT2D eigenvalue weighted by molar-refractivity contribution is 5.93. The summed E-state index contributed by atoms with van der Waals surface area (Å²) in [4.78, 5) is 29.5. The van der Waals surface area contributed by atoms with Crippen LogP contribution in [0, 0.1) is 0 Å². The Morgan fingerprint density at radius 2 is 2.07 bits per heavy atom. The number of rotatable bonds is 2. The number of hydrogen-bond donors (Lipinski definition) is 2. The molecule has 7 nitrogen and oxygen atoms in total. The molecule has 140 valence electrons. The zero-order chi connectivity index (χ0) is 19.4. The average Bonchev–Trinajstić information content (AvgIpc) is 3.07. The van der Waals surface area contributed by atoms with Crippen molar-refractivity contribution in [2.45, 2.75) is 19.3 Å². The van der Waals surface area contributed by atoms with Gasteiger partial charge in [0.15, 0.2) is 6.10 Å². The monoisotopic (exact) mass is 376 g/mol. The fourth-order valence-corrected chi connectivity index (χ4v) is 3.97. The van der Waals surface area contributed by atoms with E-state index in [2.05, 4.69) is 0 Å². The van der Waals surface area contributed by atoms with Crippen LogP contribution in [0.4, 0.5) is 0 Å². The lowest BCUT2D eigenvalue weighted by atomic mass is 9.98. The van der Waals surface area contributed by atoms with Gasteiger partial charge in [-0.05, 0) is 17.7 Å². The number of pyridine rings is 2. The number of nitrogens with zero attached hydrogens (tertiary/aromatic N) is 2. The van der Waals surface area contributed by atoms with Gasteiger partial charge in [-0.3, -0.25) is 4.79 Å². The molecule has 0 amide bonds. The van der Waals surface area contributed by atoms with Gasteiger partial charge in [0.2, 0.25) is 0 Å². The molecule has 0 spiro atoms. The van der Waals surface area contributed by atoms with Crippen LogP contribution in [0.3, 0.4) is 0 Å². The summed E-state index contributed by atoms with van der Waals surface area (Å²) in [5.74, 6) is -0.756. The molecule has 1 atom stereocenters. The van der Waals surface area contributed by atoms with Crippen molar-refractivity contribution in [2.24, 2.45) is 0 Å². The maximum absolute atomic E-state index is 13.0. The van der Waals surface area contributed by atoms with Crippen molar-refractivity contribution in [3.8, 4) is 11.4 Å². The summed E-state index contributed by atoms with van der Waals surface area (Å²) in [7, 11) is 0. The normalized spacial score (nSPS) is 17.5. The highest BCUT2D eigenvalue weighted by Gasteiger charge is 2.34. The minimum absolute atomic E-state index is 0.0989. The lowest BCUT2D eigenvalue weighted by Crippen LogP contribution is -2.32. The number of ether oxygens (including phenoxy) is 1. The van der Waals surface area contributed by atoms with Gasteiger partial charge in [-0.2, -0.15) is 0 Å². The third kappa shape index (κ3) is 2.27. The first-order valence-corrected chi connectivity index (χ1v) is 8.91. The first-order chi connectivity index (χ1) is 13.6. The van der Waals surface area contributed by atoms with Crippen LogP contribution in [0.2, 0.25) is 0 Å². The summed E-state index contributed by atoms with van der Waals surface area (Å²) in [5.41, 5.74) is 4.01. The number of fused-ring (bicyclic) bond motifs is 5. The van der Waals surface area contributed by atoms with Crippen LogP contribution in [0.1, 0.15) is 28.4 Å². The molecular formula is C21H16N2O5. The average molecular weight is 376 g/mol. The molecule has 2 aliphatic heterocycles. The number of aliphatic hydroxyl groups is 2. The molecule has 0 radical (unpaired) electrons. The smallest absolute Gasteiger partial charge is 0.340 e. The summed E-state index contributed by atoms with van der Waals surface area (Å²) in [6.45, 7) is 0.0787. The van der Waals surface area contributed by atoms with Crippen molar-refractivity contribution in [1.29, 1.82) is 0 Å². The van der Waals surface area contributed by atoms with Crippen molar-refractivity contribution in [3.05, 3.63) is 69.0 Å². The minimum atomic E-state index is -1.47. The SMILES string of the molecule is O=C1OCc2c(cc3n(c2=O)Cc2c-3nc3ccccc3c2/C=C/CO)[C@@H]1O. The Morgan fingerprint density at radius 3 is 2.89 bits per heavy atom. The molecule has 0 aliphatic carbocycles. The maximum atomic E-state index is 13.0. The standard InChI is InChI=1S/C21H16N2O5/c24-7-3-5-11-12-4-1-2-6-16(12)22-18-14(11)9-23-17(18)8-13-15(20(23)26)10-28-21(27)19(13)25/h1-6,8,19,24-25H,7,9-10H2/b5-3+/t19-/m0/s1. The Balaban J connectivity index is 1.82. The molecule has 28 heavy (non-hydrogen) atoms. The van der Waals surface area contributed by atoms with Crippen molar-refractivity contribution in [3.63, 3.8) is 0 Å². The number of esters is 1. The third-order valence-corrected chi connectivity index (χ3v) is 5.30. The summed E-state index contributed by atoms with van der Waals surface area (Å²) in [6, 6.07) is 9.30. The molecule has 2 N–H and O–H groups in total. The van der Waals surface area contributed by atoms with E-state index in [1.54, 1.807) is 16.7 Å². The van der Waals surface area contributed by atoms with E-state index in [9.17, 15) is 19.8 Å². The van der Waals surface area contributed by atoms with Gasteiger partial charge in [0.25, 0.3) is 5.56 Å². The predicted octanol–water partition coefficient (Wildman–Crippen LogP) is 1.52. The van der Waals surface area contributed by atoms with E-state index in [0.717, 1.165) is 22.0 Å². The topological polar surface area (TPSA) is 102 Å². The maximum Gasteiger partial charge on any atom is 0.340 e. The lowest BCUT2D eigenvalue weighted by molar-refractivity contribution is -0.157. The highest BCUT2D eigenvalue weighted by atomic mass is 16.5. The van der Waals surface area contributed by atoms with E-state index >= 15 is 0 Å². The van der Waals surface area contributed by atoms with Crippen molar-refractivity contribution in [2.75, 3.05) is 6.61 Å². The van der Waals surface area contributed by atoms with Gasteiger partial charge in [-0.1, -0.05) is 30.4 Å². The van der Waals surface area contributed by atoms with Gasteiger partial charge in [0.1, 0.15) is 6.61 Å². The molecule has 7 heteroatoms. The fraction of sp³-hybridized carbons (Fsp3) is 0.190. The van der Waals surface area contributed by atoms with E-state index in [4.69, 9.17) is 9.72 Å². The number of carbonyl (C=O) groups excluding carboxylic acids is 1. The number of aromatic nitrogens is 2. The quantitative estimate of drug-likeness (QED) is 0.515. The van der Waals surface area contributed by atoms with E-state index in [1.165, 1.54) is 0 Å². The first-order valence-electron chi connectivity index (χ1n) is 8.91. The Hall–Kier alpha value is -3.29. The van der Waals surface area contributed by atoms with Gasteiger partial charge in [0, 0.05) is 16.5 Å². The largest absolute Gasteiger partial charge is 0.458 e. The molecule has 5 rings (SSSR count). The van der Waals surface area contributed by atoms with Crippen LogP contribution in [-0.4, -0.2) is 32.3 Å². The van der Waals surface area contributed by atoms with Gasteiger partial charge in [-0.15, -0.1) is 0 Å². The van der Waals surface area contributed by atoms with Crippen molar-refractivity contribution in [1.82, 2.24) is 9.55 Å². The molecule has 2 aliphatic rings. The van der Waals surface area contributed by atoms with Gasteiger partial charge in [0.05, 0.1) is 35.6 Å². The van der Waals surface area contributed by atoms with Crippen LogP contribution < -0.4 is 5.56 Å². The number of carbonyl (C=O) groups is 1. The first kappa shape index (κ1) is 16.9. The van der Waals surface area contributed by atoms with Crippen LogP contribution in [-0.2, 0) is 22.7 Å². The second kappa shape index (κ2) is 6.12. The summed E-state index contributed by atoms with van der Waals surface area (Å²) in [6.07, 6.45) is 2.01. The Kier molecular flexibility index (Phi) is 3.68. The minimum Gasteiger partial charge on any atom is -0.458 e. The van der Waals surface area contributed by atoms with Gasteiger partial charge in [-0.25, -0.2) is 9.78 Å². The lowest BCUT2D eigenvalue weighted by Gasteiger charge is -2.21. The van der Waals surface area contributed by atoms with Crippen LogP contribution >= 0.6 is 0 Å². The molecule has 4 heterocycles. The molecule has 1 aromatic carbocycles. The summed E-state index contributed by atoms with van der Waals surface area (Å²) in [5, 5.41) is 20.4. The molecule has 2 aromatic heterocycles. The molecular weight excluding hydrogens is 360 g/mol. The molecule has 0 fully saturated rings. The van der Waals surface area contributed by atoms with Crippen LogP contribution in [0.15, 0.2) is 41.2 Å². The van der Waals surface area contributed by atoms with Crippen LogP contribution in [0.25, 0.3) is 28.4 Å². The number of hydrogen-bond acceptors (Lipinski definition) is 6. The van der Waals surface area contributed by atoms with E-state index in [1.807, 2.05) is 30.3 Å². The van der Waals surface area contributed by atoms with Crippen molar-refractivity contribution >= 4 is 22.9 Å². The predicted molar refractivity (Wildman–Crippen MR) is 101 cm³/mol. The van der Waals surface area contributed by atoms with Gasteiger partial charge < -0.3 is 19.5 Å². The number of cyclic esters (lactones) is 1. The number of para-hydroxylation sites is 1. The van der Waals surface area contributed by atoms with Gasteiger partial charge >= 0.3 is 5.97 Å². The zero-order valence-corrected chi connectivity index (χ0v) is 14.8. The van der Waals surface area contributed by atoms with Crippen LogP contribution in [0.5, 0.6) is 0 Å². The number of benzene rings is 1. The second-order valence-electron chi connectivity index (χ2n) is 6.82. The zero-order valence-electron chi connectivity index (χ0n) is 14.8. The van der Waals surface area contributed by atoms with Crippen molar-refractivity contribution < 1.29 is 19.7 Å². The Morgan fingerprint density at radius 1 is 1.25 bits per heavy atom. The van der Waals surface area contributed by atoms with E-state index in [-0.39, 0.29) is 24.3 Å². The second-order valence-corrected chi connectivity index (χ2v) is 6.82. The summed E-state index contributed by atoms with van der Waals surface area (Å²) < 4.78 is 6.51. The fourth-order valence-electron chi connectivity index (χ4n) is 3.97.